The van der Waals surface area contributed by atoms with Crippen LogP contribution in [0.5, 0.6) is 5.88 Å². The maximum Gasteiger partial charge on any atom is 0.271 e. The third-order valence-electron chi connectivity index (χ3n) is 4.71. The van der Waals surface area contributed by atoms with E-state index in [1.807, 2.05) is 74.5 Å². The minimum Gasteiger partial charge on any atom is -0.494 e. The standard InChI is InChI=1S/C24H23N3O2/c1-16(2)15-27-23(28)21(13-25)17(3)22(24(27)29)14-26-20-11-9-19(10-12-20)18-7-5-4-6-8-18/h4-12,14,16,29H,15H2,1-3H3. The third kappa shape index (κ3) is 4.27. The number of pyridine rings is 1. The summed E-state index contributed by atoms with van der Waals surface area (Å²) in [7, 11) is 0. The lowest BCUT2D eigenvalue weighted by Gasteiger charge is -2.15. The molecule has 0 saturated carbocycles. The zero-order chi connectivity index (χ0) is 21.0. The van der Waals surface area contributed by atoms with Crippen molar-refractivity contribution in [3.8, 4) is 23.1 Å². The maximum atomic E-state index is 12.5. The van der Waals surface area contributed by atoms with E-state index in [4.69, 9.17) is 0 Å². The fraction of sp³-hybridized carbons (Fsp3) is 0.208. The Bertz CT molecular complexity index is 1140. The number of aromatic nitrogens is 1. The molecular formula is C24H23N3O2. The first kappa shape index (κ1) is 20.1. The molecule has 1 aromatic heterocycles. The molecule has 0 fully saturated rings. The predicted octanol–water partition coefficient (Wildman–Crippen LogP) is 4.81. The lowest BCUT2D eigenvalue weighted by atomic mass is 10.0. The van der Waals surface area contributed by atoms with Gasteiger partial charge in [0.05, 0.1) is 11.3 Å². The van der Waals surface area contributed by atoms with E-state index < -0.39 is 5.56 Å². The van der Waals surface area contributed by atoms with Crippen LogP contribution < -0.4 is 5.56 Å². The monoisotopic (exact) mass is 385 g/mol. The molecule has 0 saturated heterocycles. The number of nitriles is 1. The first-order valence-corrected chi connectivity index (χ1v) is 9.48. The highest BCUT2D eigenvalue weighted by Crippen LogP contribution is 2.24. The van der Waals surface area contributed by atoms with E-state index in [2.05, 4.69) is 4.99 Å². The second-order valence-electron chi connectivity index (χ2n) is 7.33. The minimum atomic E-state index is -0.472. The van der Waals surface area contributed by atoms with Gasteiger partial charge < -0.3 is 5.11 Å². The molecule has 3 rings (SSSR count). The average molecular weight is 385 g/mol. The van der Waals surface area contributed by atoms with Crippen LogP contribution in [0.25, 0.3) is 11.1 Å². The molecule has 0 aliphatic rings. The number of rotatable bonds is 5. The zero-order valence-corrected chi connectivity index (χ0v) is 16.8. The molecule has 146 valence electrons. The average Bonchev–Trinajstić information content (AvgIpc) is 2.72. The number of nitrogens with zero attached hydrogens (tertiary/aromatic N) is 3. The molecule has 3 aromatic rings. The van der Waals surface area contributed by atoms with Gasteiger partial charge >= 0.3 is 0 Å². The van der Waals surface area contributed by atoms with Crippen molar-refractivity contribution in [2.24, 2.45) is 10.9 Å². The number of hydrogen-bond donors (Lipinski definition) is 1. The van der Waals surface area contributed by atoms with Gasteiger partial charge in [0.25, 0.3) is 5.56 Å². The van der Waals surface area contributed by atoms with E-state index in [0.717, 1.165) is 11.1 Å². The van der Waals surface area contributed by atoms with Crippen LogP contribution in [0, 0.1) is 24.2 Å². The molecule has 1 N–H and O–H groups in total. The van der Waals surface area contributed by atoms with Crippen LogP contribution in [0.1, 0.15) is 30.5 Å². The van der Waals surface area contributed by atoms with Gasteiger partial charge in [-0.05, 0) is 41.7 Å². The highest BCUT2D eigenvalue weighted by molar-refractivity contribution is 5.87. The van der Waals surface area contributed by atoms with Gasteiger partial charge in [-0.1, -0.05) is 56.3 Å². The molecule has 0 atom stereocenters. The second kappa shape index (κ2) is 8.57. The zero-order valence-electron chi connectivity index (χ0n) is 16.8. The van der Waals surface area contributed by atoms with Crippen molar-refractivity contribution in [2.45, 2.75) is 27.3 Å². The van der Waals surface area contributed by atoms with Crippen molar-refractivity contribution in [3.63, 3.8) is 0 Å². The van der Waals surface area contributed by atoms with Crippen molar-refractivity contribution in [2.75, 3.05) is 0 Å². The molecule has 29 heavy (non-hydrogen) atoms. The SMILES string of the molecule is Cc1c(C=Nc2ccc(-c3ccccc3)cc2)c(O)n(CC(C)C)c(=O)c1C#N. The van der Waals surface area contributed by atoms with Gasteiger partial charge in [-0.3, -0.25) is 14.4 Å². The molecule has 1 heterocycles. The molecule has 0 aliphatic carbocycles. The highest BCUT2D eigenvalue weighted by atomic mass is 16.3. The summed E-state index contributed by atoms with van der Waals surface area (Å²) < 4.78 is 1.25. The second-order valence-corrected chi connectivity index (χ2v) is 7.33. The summed E-state index contributed by atoms with van der Waals surface area (Å²) in [6.07, 6.45) is 1.51. The first-order chi connectivity index (χ1) is 13.9. The van der Waals surface area contributed by atoms with E-state index >= 15 is 0 Å². The quantitative estimate of drug-likeness (QED) is 0.640. The Balaban J connectivity index is 1.98. The summed E-state index contributed by atoms with van der Waals surface area (Å²) in [5, 5.41) is 20.1. The van der Waals surface area contributed by atoms with Gasteiger partial charge in [0.15, 0.2) is 0 Å². The molecule has 5 nitrogen and oxygen atoms in total. The number of hydrogen-bond acceptors (Lipinski definition) is 4. The van der Waals surface area contributed by atoms with Crippen molar-refractivity contribution in [3.05, 3.63) is 81.6 Å². The molecule has 0 bridgehead atoms. The maximum absolute atomic E-state index is 12.5. The van der Waals surface area contributed by atoms with E-state index in [-0.39, 0.29) is 17.4 Å². The summed E-state index contributed by atoms with van der Waals surface area (Å²) in [4.78, 5) is 17.0. The van der Waals surface area contributed by atoms with Crippen molar-refractivity contribution < 1.29 is 5.11 Å². The molecule has 0 amide bonds. The fourth-order valence-electron chi connectivity index (χ4n) is 3.17. The summed E-state index contributed by atoms with van der Waals surface area (Å²) in [6.45, 7) is 5.87. The normalized spacial score (nSPS) is 11.1. The highest BCUT2D eigenvalue weighted by Gasteiger charge is 2.18. The Kier molecular flexibility index (Phi) is 5.94. The van der Waals surface area contributed by atoms with Crippen molar-refractivity contribution in [1.29, 1.82) is 5.26 Å². The summed E-state index contributed by atoms with van der Waals surface area (Å²) in [6, 6.07) is 19.8. The number of benzene rings is 2. The number of aliphatic imine (C=N–C) groups is 1. The minimum absolute atomic E-state index is 0.0318. The summed E-state index contributed by atoms with van der Waals surface area (Å²) >= 11 is 0. The lowest BCUT2D eigenvalue weighted by molar-refractivity contribution is 0.381. The smallest absolute Gasteiger partial charge is 0.271 e. The van der Waals surface area contributed by atoms with Crippen LogP contribution >= 0.6 is 0 Å². The number of aromatic hydroxyl groups is 1. The van der Waals surface area contributed by atoms with Gasteiger partial charge in [-0.15, -0.1) is 0 Å². The van der Waals surface area contributed by atoms with Crippen LogP contribution in [0.15, 0.2) is 64.4 Å². The van der Waals surface area contributed by atoms with E-state index in [1.54, 1.807) is 6.92 Å². The van der Waals surface area contributed by atoms with E-state index in [1.165, 1.54) is 10.8 Å². The van der Waals surface area contributed by atoms with Gasteiger partial charge in [-0.2, -0.15) is 5.26 Å². The summed E-state index contributed by atoms with van der Waals surface area (Å²) in [5.74, 6) is -0.0203. The Morgan fingerprint density at radius 2 is 1.72 bits per heavy atom. The molecular weight excluding hydrogens is 362 g/mol. The van der Waals surface area contributed by atoms with Gasteiger partial charge in [0, 0.05) is 12.8 Å². The van der Waals surface area contributed by atoms with Gasteiger partial charge in [0.1, 0.15) is 11.6 Å². The van der Waals surface area contributed by atoms with Crippen molar-refractivity contribution >= 4 is 11.9 Å². The van der Waals surface area contributed by atoms with Crippen LogP contribution in [0.4, 0.5) is 5.69 Å². The largest absolute Gasteiger partial charge is 0.494 e. The molecule has 2 aromatic carbocycles. The van der Waals surface area contributed by atoms with Crippen molar-refractivity contribution in [1.82, 2.24) is 4.57 Å². The molecule has 0 spiro atoms. The predicted molar refractivity (Wildman–Crippen MR) is 116 cm³/mol. The Hall–Kier alpha value is -3.65. The topological polar surface area (TPSA) is 78.4 Å². The van der Waals surface area contributed by atoms with Gasteiger partial charge in [0.2, 0.25) is 5.88 Å². The Labute approximate surface area is 170 Å². The van der Waals surface area contributed by atoms with E-state index in [9.17, 15) is 15.2 Å². The van der Waals surface area contributed by atoms with Gasteiger partial charge in [-0.25, -0.2) is 0 Å². The Morgan fingerprint density at radius 1 is 1.10 bits per heavy atom. The Morgan fingerprint density at radius 3 is 2.31 bits per heavy atom. The molecule has 0 unspecified atom stereocenters. The van der Waals surface area contributed by atoms with Crippen LogP contribution in [0.2, 0.25) is 0 Å². The van der Waals surface area contributed by atoms with Crippen LogP contribution in [0.3, 0.4) is 0 Å². The lowest BCUT2D eigenvalue weighted by Crippen LogP contribution is -2.27. The molecule has 0 aliphatic heterocycles. The summed E-state index contributed by atoms with van der Waals surface area (Å²) in [5.41, 5.74) is 3.29. The molecule has 5 heteroatoms. The fourth-order valence-corrected chi connectivity index (χ4v) is 3.17. The van der Waals surface area contributed by atoms with E-state index in [0.29, 0.717) is 23.4 Å². The molecule has 0 radical (unpaired) electrons. The van der Waals surface area contributed by atoms with Crippen LogP contribution in [-0.2, 0) is 6.54 Å². The van der Waals surface area contributed by atoms with Crippen LogP contribution in [-0.4, -0.2) is 15.9 Å². The third-order valence-corrected chi connectivity index (χ3v) is 4.71. The first-order valence-electron chi connectivity index (χ1n) is 9.48.